The van der Waals surface area contributed by atoms with Crippen LogP contribution in [0.3, 0.4) is 0 Å². The average molecular weight is 262 g/mol. The second-order valence-corrected chi connectivity index (χ2v) is 4.48. The van der Waals surface area contributed by atoms with Crippen molar-refractivity contribution >= 4 is 11.8 Å². The van der Waals surface area contributed by atoms with Crippen molar-refractivity contribution in [2.24, 2.45) is 0 Å². The Balaban J connectivity index is 2.06. The second kappa shape index (κ2) is 5.59. The summed E-state index contributed by atoms with van der Waals surface area (Å²) in [5.41, 5.74) is 2.03. The highest BCUT2D eigenvalue weighted by molar-refractivity contribution is 5.50. The lowest BCUT2D eigenvalue weighted by atomic mass is 10.2. The molecule has 0 aliphatic carbocycles. The summed E-state index contributed by atoms with van der Waals surface area (Å²) in [6.07, 6.45) is 0.691. The highest BCUT2D eigenvalue weighted by Gasteiger charge is 2.09. The third kappa shape index (κ3) is 3.15. The average Bonchev–Trinajstić information content (AvgIpc) is 2.87. The summed E-state index contributed by atoms with van der Waals surface area (Å²) >= 11 is 0. The lowest BCUT2D eigenvalue weighted by Gasteiger charge is -2.15. The molecule has 0 aliphatic rings. The first-order valence-corrected chi connectivity index (χ1v) is 6.06. The maximum absolute atomic E-state index is 4.49. The van der Waals surface area contributed by atoms with Crippen LogP contribution in [0.5, 0.6) is 0 Å². The Labute approximate surface area is 111 Å². The smallest absolute Gasteiger partial charge is 0.227 e. The summed E-state index contributed by atoms with van der Waals surface area (Å²) in [5.74, 6) is 2.23. The standard InChI is InChI=1S/C11H18N8/c1-7-8(2)13-11(19(3)4)14-10(7)12-6-5-9-15-17-18-16-9/h5-6H2,1-4H3,(H,12,13,14)(H,15,16,17,18). The van der Waals surface area contributed by atoms with Crippen LogP contribution in [0, 0.1) is 13.8 Å². The number of aromatic nitrogens is 6. The summed E-state index contributed by atoms with van der Waals surface area (Å²) in [6.45, 7) is 4.68. The minimum Gasteiger partial charge on any atom is -0.369 e. The Hall–Kier alpha value is -2.25. The first-order valence-electron chi connectivity index (χ1n) is 6.06. The van der Waals surface area contributed by atoms with E-state index in [2.05, 4.69) is 35.9 Å². The highest BCUT2D eigenvalue weighted by Crippen LogP contribution is 2.18. The molecule has 2 aromatic rings. The number of aryl methyl sites for hydroxylation is 1. The van der Waals surface area contributed by atoms with Gasteiger partial charge < -0.3 is 10.2 Å². The number of hydrogen-bond donors (Lipinski definition) is 2. The van der Waals surface area contributed by atoms with Crippen LogP contribution < -0.4 is 10.2 Å². The monoisotopic (exact) mass is 262 g/mol. The summed E-state index contributed by atoms with van der Waals surface area (Å²) < 4.78 is 0. The first-order chi connectivity index (χ1) is 9.08. The minimum atomic E-state index is 0.684. The van der Waals surface area contributed by atoms with Crippen LogP contribution in [0.1, 0.15) is 17.1 Å². The Kier molecular flexibility index (Phi) is 3.88. The molecular weight excluding hydrogens is 244 g/mol. The predicted molar refractivity (Wildman–Crippen MR) is 72.2 cm³/mol. The number of nitrogens with one attached hydrogen (secondary N) is 2. The largest absolute Gasteiger partial charge is 0.369 e. The van der Waals surface area contributed by atoms with E-state index in [1.165, 1.54) is 0 Å². The number of H-pyrrole nitrogens is 1. The fourth-order valence-corrected chi connectivity index (χ4v) is 1.57. The maximum Gasteiger partial charge on any atom is 0.227 e. The predicted octanol–water partition coefficient (Wildman–Crippen LogP) is 0.327. The maximum atomic E-state index is 4.49. The van der Waals surface area contributed by atoms with Crippen molar-refractivity contribution in [3.8, 4) is 0 Å². The molecule has 2 N–H and O–H groups in total. The van der Waals surface area contributed by atoms with E-state index >= 15 is 0 Å². The number of anilines is 2. The zero-order valence-corrected chi connectivity index (χ0v) is 11.6. The van der Waals surface area contributed by atoms with Gasteiger partial charge in [0, 0.05) is 38.3 Å². The normalized spacial score (nSPS) is 10.5. The molecule has 8 heteroatoms. The third-order valence-corrected chi connectivity index (χ3v) is 2.81. The molecule has 2 heterocycles. The molecule has 0 fully saturated rings. The molecular formula is C11H18N8. The van der Waals surface area contributed by atoms with Crippen molar-refractivity contribution < 1.29 is 0 Å². The van der Waals surface area contributed by atoms with Gasteiger partial charge in [0.05, 0.1) is 0 Å². The quantitative estimate of drug-likeness (QED) is 0.801. The molecule has 0 atom stereocenters. The van der Waals surface area contributed by atoms with E-state index in [9.17, 15) is 0 Å². The van der Waals surface area contributed by atoms with Gasteiger partial charge in [0.25, 0.3) is 0 Å². The lowest BCUT2D eigenvalue weighted by molar-refractivity contribution is 0.881. The third-order valence-electron chi connectivity index (χ3n) is 2.81. The van der Waals surface area contributed by atoms with Crippen LogP contribution in [0.25, 0.3) is 0 Å². The molecule has 2 rings (SSSR count). The van der Waals surface area contributed by atoms with Crippen molar-refractivity contribution in [3.63, 3.8) is 0 Å². The molecule has 2 aromatic heterocycles. The summed E-state index contributed by atoms with van der Waals surface area (Å²) in [7, 11) is 3.85. The molecule has 0 amide bonds. The molecule has 8 nitrogen and oxygen atoms in total. The fourth-order valence-electron chi connectivity index (χ4n) is 1.57. The van der Waals surface area contributed by atoms with Gasteiger partial charge in [-0.15, -0.1) is 10.2 Å². The van der Waals surface area contributed by atoms with E-state index in [0.29, 0.717) is 24.7 Å². The lowest BCUT2D eigenvalue weighted by Crippen LogP contribution is -2.16. The van der Waals surface area contributed by atoms with Crippen LogP contribution >= 0.6 is 0 Å². The van der Waals surface area contributed by atoms with E-state index in [1.54, 1.807) is 0 Å². The van der Waals surface area contributed by atoms with Crippen molar-refractivity contribution in [2.75, 3.05) is 30.9 Å². The highest BCUT2D eigenvalue weighted by atomic mass is 15.5. The number of tetrazole rings is 1. The Bertz CT molecular complexity index is 534. The molecule has 0 aliphatic heterocycles. The van der Waals surface area contributed by atoms with Gasteiger partial charge in [0.2, 0.25) is 5.95 Å². The topological polar surface area (TPSA) is 95.5 Å². The van der Waals surface area contributed by atoms with Crippen LogP contribution in [-0.2, 0) is 6.42 Å². The van der Waals surface area contributed by atoms with E-state index in [1.807, 2.05) is 32.8 Å². The van der Waals surface area contributed by atoms with Crippen molar-refractivity contribution in [3.05, 3.63) is 17.1 Å². The first kappa shape index (κ1) is 13.2. The van der Waals surface area contributed by atoms with E-state index in [0.717, 1.165) is 17.1 Å². The zero-order valence-electron chi connectivity index (χ0n) is 11.6. The van der Waals surface area contributed by atoms with E-state index in [-0.39, 0.29) is 0 Å². The van der Waals surface area contributed by atoms with E-state index in [4.69, 9.17) is 0 Å². The fraction of sp³-hybridized carbons (Fsp3) is 0.545. The zero-order chi connectivity index (χ0) is 13.8. The van der Waals surface area contributed by atoms with Gasteiger partial charge in [-0.1, -0.05) is 5.21 Å². The van der Waals surface area contributed by atoms with Gasteiger partial charge in [0.1, 0.15) is 5.82 Å². The minimum absolute atomic E-state index is 0.684. The SMILES string of the molecule is Cc1nc(N(C)C)nc(NCCc2nn[nH]n2)c1C. The van der Waals surface area contributed by atoms with Crippen molar-refractivity contribution in [1.29, 1.82) is 0 Å². The van der Waals surface area contributed by atoms with Crippen molar-refractivity contribution in [1.82, 2.24) is 30.6 Å². The van der Waals surface area contributed by atoms with Gasteiger partial charge in [-0.25, -0.2) is 4.98 Å². The Morgan fingerprint density at radius 3 is 2.63 bits per heavy atom. The number of hydrogen-bond acceptors (Lipinski definition) is 7. The molecule has 0 spiro atoms. The van der Waals surface area contributed by atoms with Crippen LogP contribution in [-0.4, -0.2) is 51.2 Å². The number of rotatable bonds is 5. The molecule has 0 saturated carbocycles. The summed E-state index contributed by atoms with van der Waals surface area (Å²) in [6, 6.07) is 0. The van der Waals surface area contributed by atoms with Gasteiger partial charge in [-0.05, 0) is 13.8 Å². The molecule has 0 unspecified atom stereocenters. The number of nitrogens with zero attached hydrogens (tertiary/aromatic N) is 6. The van der Waals surface area contributed by atoms with Gasteiger partial charge >= 0.3 is 0 Å². The van der Waals surface area contributed by atoms with Gasteiger partial charge in [-0.2, -0.15) is 10.2 Å². The van der Waals surface area contributed by atoms with Crippen molar-refractivity contribution in [2.45, 2.75) is 20.3 Å². The molecule has 0 radical (unpaired) electrons. The van der Waals surface area contributed by atoms with Crippen LogP contribution in [0.15, 0.2) is 0 Å². The molecule has 0 aromatic carbocycles. The van der Waals surface area contributed by atoms with Gasteiger partial charge in [0.15, 0.2) is 5.82 Å². The van der Waals surface area contributed by atoms with Gasteiger partial charge in [-0.3, -0.25) is 0 Å². The van der Waals surface area contributed by atoms with E-state index < -0.39 is 0 Å². The Morgan fingerprint density at radius 1 is 1.21 bits per heavy atom. The Morgan fingerprint density at radius 2 is 2.00 bits per heavy atom. The summed E-state index contributed by atoms with van der Waals surface area (Å²) in [4.78, 5) is 10.8. The molecule has 0 bridgehead atoms. The number of aromatic amines is 1. The molecule has 0 saturated heterocycles. The second-order valence-electron chi connectivity index (χ2n) is 4.48. The van der Waals surface area contributed by atoms with Crippen LogP contribution in [0.4, 0.5) is 11.8 Å². The van der Waals surface area contributed by atoms with Crippen LogP contribution in [0.2, 0.25) is 0 Å². The molecule has 19 heavy (non-hydrogen) atoms. The molecule has 102 valence electrons. The summed E-state index contributed by atoms with van der Waals surface area (Å²) in [5, 5.41) is 17.1.